The zero-order valence-corrected chi connectivity index (χ0v) is 14.2. The molecule has 2 heterocycles. The second-order valence-electron chi connectivity index (χ2n) is 5.97. The van der Waals surface area contributed by atoms with Gasteiger partial charge in [-0.05, 0) is 24.8 Å². The summed E-state index contributed by atoms with van der Waals surface area (Å²) in [6, 6.07) is 4.32. The van der Waals surface area contributed by atoms with Gasteiger partial charge in [0.05, 0.1) is 5.69 Å². The van der Waals surface area contributed by atoms with Crippen LogP contribution in [0, 0.1) is 6.92 Å². The van der Waals surface area contributed by atoms with E-state index in [4.69, 9.17) is 4.74 Å². The highest BCUT2D eigenvalue weighted by Crippen LogP contribution is 2.30. The SMILES string of the molecule is COCCCNc1nc(C)cn1CC(C)(C)c1cccs1. The molecule has 0 aromatic carbocycles. The molecule has 0 spiro atoms. The van der Waals surface area contributed by atoms with Crippen LogP contribution in [0.1, 0.15) is 30.8 Å². The van der Waals surface area contributed by atoms with Gasteiger partial charge in [-0.25, -0.2) is 4.98 Å². The van der Waals surface area contributed by atoms with Crippen LogP contribution >= 0.6 is 11.3 Å². The van der Waals surface area contributed by atoms with Gasteiger partial charge >= 0.3 is 0 Å². The molecule has 0 radical (unpaired) electrons. The van der Waals surface area contributed by atoms with Crippen LogP contribution in [0.3, 0.4) is 0 Å². The monoisotopic (exact) mass is 307 g/mol. The highest BCUT2D eigenvalue weighted by Gasteiger charge is 2.23. The van der Waals surface area contributed by atoms with E-state index in [1.165, 1.54) is 4.88 Å². The lowest BCUT2D eigenvalue weighted by Crippen LogP contribution is -2.24. The molecule has 0 aliphatic rings. The van der Waals surface area contributed by atoms with E-state index < -0.39 is 0 Å². The first-order valence-electron chi connectivity index (χ1n) is 7.33. The zero-order valence-electron chi connectivity index (χ0n) is 13.3. The summed E-state index contributed by atoms with van der Waals surface area (Å²) in [7, 11) is 1.73. The van der Waals surface area contributed by atoms with E-state index in [1.807, 2.05) is 18.3 Å². The predicted octanol–water partition coefficient (Wildman–Crippen LogP) is 3.68. The smallest absolute Gasteiger partial charge is 0.203 e. The average Bonchev–Trinajstić information content (AvgIpc) is 3.05. The molecule has 2 rings (SSSR count). The molecule has 0 amide bonds. The summed E-state index contributed by atoms with van der Waals surface area (Å²) in [5, 5.41) is 5.55. The van der Waals surface area contributed by atoms with Crippen LogP contribution in [0.15, 0.2) is 23.7 Å². The van der Waals surface area contributed by atoms with Crippen molar-refractivity contribution in [2.75, 3.05) is 25.6 Å². The number of nitrogens with one attached hydrogen (secondary N) is 1. The first-order chi connectivity index (χ1) is 10.0. The summed E-state index contributed by atoms with van der Waals surface area (Å²) in [6.45, 7) is 9.17. The number of methoxy groups -OCH3 is 1. The summed E-state index contributed by atoms with van der Waals surface area (Å²) in [4.78, 5) is 5.99. The minimum absolute atomic E-state index is 0.101. The molecular weight excluding hydrogens is 282 g/mol. The Kier molecular flexibility index (Phi) is 5.42. The largest absolute Gasteiger partial charge is 0.385 e. The summed E-state index contributed by atoms with van der Waals surface area (Å²) in [6.07, 6.45) is 3.10. The maximum absolute atomic E-state index is 5.08. The van der Waals surface area contributed by atoms with Crippen molar-refractivity contribution < 1.29 is 4.74 Å². The number of hydrogen-bond donors (Lipinski definition) is 1. The van der Waals surface area contributed by atoms with E-state index >= 15 is 0 Å². The fourth-order valence-corrected chi connectivity index (χ4v) is 3.24. The van der Waals surface area contributed by atoms with Crippen molar-refractivity contribution in [3.8, 4) is 0 Å². The van der Waals surface area contributed by atoms with Crippen LogP contribution in [0.2, 0.25) is 0 Å². The zero-order chi connectivity index (χ0) is 15.3. The molecule has 2 aromatic rings. The number of thiophene rings is 1. The molecule has 0 fully saturated rings. The van der Waals surface area contributed by atoms with Gasteiger partial charge in [0.2, 0.25) is 5.95 Å². The molecule has 0 bridgehead atoms. The van der Waals surface area contributed by atoms with E-state index in [9.17, 15) is 0 Å². The lowest BCUT2D eigenvalue weighted by Gasteiger charge is -2.25. The Balaban J connectivity index is 2.05. The molecule has 0 saturated heterocycles. The topological polar surface area (TPSA) is 39.1 Å². The number of hydrogen-bond acceptors (Lipinski definition) is 4. The Labute approximate surface area is 131 Å². The van der Waals surface area contributed by atoms with Gasteiger partial charge in [0.15, 0.2) is 0 Å². The third-order valence-corrected chi connectivity index (χ3v) is 4.69. The third-order valence-electron chi connectivity index (χ3n) is 3.46. The van der Waals surface area contributed by atoms with Crippen LogP contribution in [-0.4, -0.2) is 29.8 Å². The highest BCUT2D eigenvalue weighted by molar-refractivity contribution is 7.10. The van der Waals surface area contributed by atoms with Gasteiger partial charge in [0.25, 0.3) is 0 Å². The molecule has 0 unspecified atom stereocenters. The van der Waals surface area contributed by atoms with Gasteiger partial charge in [-0.15, -0.1) is 11.3 Å². The maximum Gasteiger partial charge on any atom is 0.203 e. The van der Waals surface area contributed by atoms with E-state index in [-0.39, 0.29) is 5.41 Å². The van der Waals surface area contributed by atoms with Gasteiger partial charge in [-0.2, -0.15) is 0 Å². The fourth-order valence-electron chi connectivity index (χ4n) is 2.39. The van der Waals surface area contributed by atoms with Crippen molar-refractivity contribution in [3.05, 3.63) is 34.3 Å². The summed E-state index contributed by atoms with van der Waals surface area (Å²) < 4.78 is 7.30. The van der Waals surface area contributed by atoms with Crippen molar-refractivity contribution in [2.24, 2.45) is 0 Å². The highest BCUT2D eigenvalue weighted by atomic mass is 32.1. The molecule has 116 valence electrons. The van der Waals surface area contributed by atoms with E-state index in [1.54, 1.807) is 7.11 Å². The minimum Gasteiger partial charge on any atom is -0.385 e. The summed E-state index contributed by atoms with van der Waals surface area (Å²) in [5.74, 6) is 0.952. The Bertz CT molecular complexity index is 546. The maximum atomic E-state index is 5.08. The van der Waals surface area contributed by atoms with Gasteiger partial charge in [0, 0.05) is 43.3 Å². The summed E-state index contributed by atoms with van der Waals surface area (Å²) >= 11 is 1.82. The average molecular weight is 307 g/mol. The molecule has 0 atom stereocenters. The summed E-state index contributed by atoms with van der Waals surface area (Å²) in [5.41, 5.74) is 1.15. The van der Waals surface area contributed by atoms with E-state index in [0.717, 1.165) is 37.8 Å². The minimum atomic E-state index is 0.101. The molecule has 5 heteroatoms. The molecule has 0 aliphatic carbocycles. The third kappa shape index (κ3) is 4.32. The van der Waals surface area contributed by atoms with Crippen molar-refractivity contribution in [2.45, 2.75) is 39.2 Å². The number of rotatable bonds is 8. The van der Waals surface area contributed by atoms with Crippen LogP contribution in [0.5, 0.6) is 0 Å². The lowest BCUT2D eigenvalue weighted by molar-refractivity contribution is 0.197. The number of anilines is 1. The molecule has 4 nitrogen and oxygen atoms in total. The number of aryl methyl sites for hydroxylation is 1. The molecule has 21 heavy (non-hydrogen) atoms. The van der Waals surface area contributed by atoms with Gasteiger partial charge in [-0.1, -0.05) is 19.9 Å². The fraction of sp³-hybridized carbons (Fsp3) is 0.562. The van der Waals surface area contributed by atoms with Crippen molar-refractivity contribution in [3.63, 3.8) is 0 Å². The molecular formula is C16H25N3OS. The van der Waals surface area contributed by atoms with E-state index in [2.05, 4.69) is 52.4 Å². The lowest BCUT2D eigenvalue weighted by atomic mass is 9.91. The number of ether oxygens (including phenoxy) is 1. The number of imidazole rings is 1. The predicted molar refractivity (Wildman–Crippen MR) is 89.3 cm³/mol. The van der Waals surface area contributed by atoms with Crippen LogP contribution in [0.4, 0.5) is 5.95 Å². The van der Waals surface area contributed by atoms with Gasteiger partial charge in [-0.3, -0.25) is 0 Å². The van der Waals surface area contributed by atoms with Crippen molar-refractivity contribution in [1.29, 1.82) is 0 Å². The standard InChI is InChI=1S/C16H25N3OS/c1-13-11-19(15(18-13)17-8-6-9-20-4)12-16(2,3)14-7-5-10-21-14/h5,7,10-11H,6,8-9,12H2,1-4H3,(H,17,18). The van der Waals surface area contributed by atoms with Gasteiger partial charge < -0.3 is 14.6 Å². The molecule has 1 N–H and O–H groups in total. The Morgan fingerprint density at radius 3 is 2.90 bits per heavy atom. The van der Waals surface area contributed by atoms with Crippen LogP contribution < -0.4 is 5.32 Å². The second kappa shape index (κ2) is 7.09. The van der Waals surface area contributed by atoms with Crippen LogP contribution in [-0.2, 0) is 16.7 Å². The van der Waals surface area contributed by atoms with Gasteiger partial charge in [0.1, 0.15) is 0 Å². The normalized spacial score (nSPS) is 11.8. The molecule has 0 saturated carbocycles. The first-order valence-corrected chi connectivity index (χ1v) is 8.21. The molecule has 2 aromatic heterocycles. The van der Waals surface area contributed by atoms with Crippen LogP contribution in [0.25, 0.3) is 0 Å². The first kappa shape index (κ1) is 16.0. The quantitative estimate of drug-likeness (QED) is 0.756. The molecule has 0 aliphatic heterocycles. The Morgan fingerprint density at radius 2 is 2.24 bits per heavy atom. The second-order valence-corrected chi connectivity index (χ2v) is 6.92. The van der Waals surface area contributed by atoms with E-state index in [0.29, 0.717) is 0 Å². The number of nitrogens with zero attached hydrogens (tertiary/aromatic N) is 2. The Morgan fingerprint density at radius 1 is 1.43 bits per heavy atom. The number of aromatic nitrogens is 2. The van der Waals surface area contributed by atoms with Crippen molar-refractivity contribution in [1.82, 2.24) is 9.55 Å². The Hall–Kier alpha value is -1.33. The van der Waals surface area contributed by atoms with Crippen molar-refractivity contribution >= 4 is 17.3 Å².